The van der Waals surface area contributed by atoms with Crippen molar-refractivity contribution >= 4 is 5.57 Å². The van der Waals surface area contributed by atoms with E-state index in [0.29, 0.717) is 0 Å². The van der Waals surface area contributed by atoms with E-state index in [-0.39, 0.29) is 56.4 Å². The third-order valence-corrected chi connectivity index (χ3v) is 6.62. The zero-order valence-corrected chi connectivity index (χ0v) is 21.1. The van der Waals surface area contributed by atoms with E-state index in [1.54, 1.807) is 27.8 Å². The molecule has 0 nitrogen and oxygen atoms in total. The van der Waals surface area contributed by atoms with Gasteiger partial charge in [-0.15, -0.1) is 40.0 Å². The van der Waals surface area contributed by atoms with Gasteiger partial charge >= 0.3 is 26.2 Å². The van der Waals surface area contributed by atoms with Gasteiger partial charge in [-0.2, -0.15) is 5.56 Å². The van der Waals surface area contributed by atoms with Gasteiger partial charge in [0.1, 0.15) is 0 Å². The molecular formula is C25H29Cl2Zr. The summed E-state index contributed by atoms with van der Waals surface area (Å²) in [6, 6.07) is 11.3. The minimum absolute atomic E-state index is 0. The van der Waals surface area contributed by atoms with E-state index < -0.39 is 0 Å². The molecular weight excluding hydrogens is 462 g/mol. The van der Waals surface area contributed by atoms with Crippen LogP contribution in [-0.4, -0.2) is 0 Å². The Morgan fingerprint density at radius 1 is 1.07 bits per heavy atom. The summed E-state index contributed by atoms with van der Waals surface area (Å²) in [5, 5.41) is 0. The first-order chi connectivity index (χ1) is 12.2. The summed E-state index contributed by atoms with van der Waals surface area (Å²) in [6.45, 7) is 7.10. The maximum Gasteiger partial charge on any atom is 3.00 e. The van der Waals surface area contributed by atoms with Gasteiger partial charge in [0, 0.05) is 0 Å². The van der Waals surface area contributed by atoms with Gasteiger partial charge in [0.2, 0.25) is 0 Å². The second-order valence-electron chi connectivity index (χ2n) is 7.67. The second kappa shape index (κ2) is 10.5. The predicted octanol–water partition coefficient (Wildman–Crippen LogP) is 0.658. The number of rotatable bonds is 4. The van der Waals surface area contributed by atoms with E-state index in [4.69, 9.17) is 0 Å². The Bertz CT molecular complexity index is 845. The van der Waals surface area contributed by atoms with Crippen LogP contribution in [0.3, 0.4) is 0 Å². The van der Waals surface area contributed by atoms with Crippen LogP contribution in [0.5, 0.6) is 0 Å². The summed E-state index contributed by atoms with van der Waals surface area (Å²) in [7, 11) is 0. The van der Waals surface area contributed by atoms with Gasteiger partial charge in [-0.05, 0) is 30.2 Å². The van der Waals surface area contributed by atoms with E-state index in [2.05, 4.69) is 69.3 Å². The van der Waals surface area contributed by atoms with Gasteiger partial charge < -0.3 is 24.8 Å². The molecule has 1 unspecified atom stereocenters. The monoisotopic (exact) mass is 489 g/mol. The molecule has 147 valence electrons. The van der Waals surface area contributed by atoms with Crippen LogP contribution in [0.25, 0.3) is 5.57 Å². The Labute approximate surface area is 202 Å². The quantitative estimate of drug-likeness (QED) is 0.552. The number of halogens is 2. The van der Waals surface area contributed by atoms with Crippen molar-refractivity contribution in [3.8, 4) is 0 Å². The average molecular weight is 492 g/mol. The molecule has 28 heavy (non-hydrogen) atoms. The first kappa shape index (κ1) is 25.5. The average Bonchev–Trinajstić information content (AvgIpc) is 3.27. The largest absolute Gasteiger partial charge is 3.00 e. The van der Waals surface area contributed by atoms with Crippen LogP contribution in [-0.2, 0) is 44.5 Å². The molecule has 0 fully saturated rings. The SMILES string of the molecule is CCc1c2c([c-](C3=CC=CC3)c1C)CCCC2(CC)c1ccccc1.[Cl-].[Cl-].[Zr+3]. The molecule has 2 aromatic rings. The van der Waals surface area contributed by atoms with Crippen LogP contribution in [0.15, 0.2) is 48.6 Å². The summed E-state index contributed by atoms with van der Waals surface area (Å²) in [5.41, 5.74) is 11.4. The van der Waals surface area contributed by atoms with E-state index in [9.17, 15) is 0 Å². The van der Waals surface area contributed by atoms with E-state index in [1.165, 1.54) is 36.8 Å². The molecule has 0 amide bonds. The van der Waals surface area contributed by atoms with Crippen molar-refractivity contribution in [3.63, 3.8) is 0 Å². The van der Waals surface area contributed by atoms with E-state index in [0.717, 1.165) is 12.8 Å². The van der Waals surface area contributed by atoms with E-state index in [1.807, 2.05) is 0 Å². The summed E-state index contributed by atoms with van der Waals surface area (Å²) < 4.78 is 0. The Kier molecular flexibility index (Phi) is 9.59. The molecule has 1 radical (unpaired) electrons. The van der Waals surface area contributed by atoms with Gasteiger partial charge in [-0.3, -0.25) is 0 Å². The molecule has 2 aliphatic carbocycles. The number of fused-ring (bicyclic) bond motifs is 1. The molecule has 0 aromatic heterocycles. The van der Waals surface area contributed by atoms with Crippen molar-refractivity contribution in [1.82, 2.24) is 0 Å². The topological polar surface area (TPSA) is 0 Å². The Morgan fingerprint density at radius 3 is 2.36 bits per heavy atom. The van der Waals surface area contributed by atoms with Gasteiger partial charge in [0.15, 0.2) is 0 Å². The van der Waals surface area contributed by atoms with Gasteiger partial charge in [0.25, 0.3) is 0 Å². The fourth-order valence-corrected chi connectivity index (χ4v) is 5.50. The fraction of sp³-hybridized carbons (Fsp3) is 0.400. The van der Waals surface area contributed by atoms with E-state index >= 15 is 0 Å². The molecule has 4 rings (SSSR count). The molecule has 2 aromatic carbocycles. The van der Waals surface area contributed by atoms with Gasteiger partial charge in [-0.1, -0.05) is 76.4 Å². The van der Waals surface area contributed by atoms with Crippen LogP contribution < -0.4 is 24.8 Å². The van der Waals surface area contributed by atoms with Gasteiger partial charge in [-0.25, -0.2) is 0 Å². The fourth-order valence-electron chi connectivity index (χ4n) is 5.50. The smallest absolute Gasteiger partial charge is 1.00 e. The molecule has 3 heteroatoms. The summed E-state index contributed by atoms with van der Waals surface area (Å²) in [6.07, 6.45) is 14.1. The zero-order chi connectivity index (χ0) is 17.4. The Hall–Kier alpha value is -0.487. The van der Waals surface area contributed by atoms with Crippen LogP contribution in [0, 0.1) is 6.92 Å². The summed E-state index contributed by atoms with van der Waals surface area (Å²) in [5.74, 6) is 0. The molecule has 0 spiro atoms. The van der Waals surface area contributed by atoms with Crippen LogP contribution in [0.2, 0.25) is 0 Å². The predicted molar refractivity (Wildman–Crippen MR) is 108 cm³/mol. The summed E-state index contributed by atoms with van der Waals surface area (Å²) in [4.78, 5) is 0. The van der Waals surface area contributed by atoms with Crippen LogP contribution >= 0.6 is 0 Å². The normalized spacial score (nSPS) is 19.8. The molecule has 2 aliphatic rings. The molecule has 0 heterocycles. The van der Waals surface area contributed by atoms with Crippen molar-refractivity contribution in [2.45, 2.75) is 64.7 Å². The number of allylic oxidation sites excluding steroid dienone is 4. The minimum Gasteiger partial charge on any atom is -1.00 e. The first-order valence-electron chi connectivity index (χ1n) is 9.96. The summed E-state index contributed by atoms with van der Waals surface area (Å²) >= 11 is 0. The zero-order valence-electron chi connectivity index (χ0n) is 17.1. The van der Waals surface area contributed by atoms with Crippen molar-refractivity contribution < 1.29 is 51.0 Å². The first-order valence-corrected chi connectivity index (χ1v) is 9.96. The molecule has 0 aliphatic heterocycles. The van der Waals surface area contributed by atoms with Crippen molar-refractivity contribution in [2.24, 2.45) is 0 Å². The van der Waals surface area contributed by atoms with Crippen molar-refractivity contribution in [2.75, 3.05) is 0 Å². The van der Waals surface area contributed by atoms with Crippen molar-refractivity contribution in [3.05, 3.63) is 81.9 Å². The molecule has 0 bridgehead atoms. The minimum atomic E-state index is 0. The third-order valence-electron chi connectivity index (χ3n) is 6.62. The van der Waals surface area contributed by atoms with Crippen LogP contribution in [0.4, 0.5) is 0 Å². The molecule has 0 N–H and O–H groups in total. The number of benzene rings is 1. The maximum atomic E-state index is 2.39. The maximum absolute atomic E-state index is 2.39. The third kappa shape index (κ3) is 3.92. The van der Waals surface area contributed by atoms with Crippen LogP contribution in [0.1, 0.15) is 72.9 Å². The standard InChI is InChI=1S/C25H29.2ClH.Zr/c1-4-21-18(3)23(19-12-9-10-13-19)22-16-11-17-25(5-2,24(21)22)20-14-7-6-8-15-20;;;/h6-10,12,14-15H,4-5,11,13,16-17H2,1-3H3;2*1H;/q-1;;;+3/p-2. The number of hydrogen-bond donors (Lipinski definition) is 0. The Morgan fingerprint density at radius 2 is 1.79 bits per heavy atom. The second-order valence-corrected chi connectivity index (χ2v) is 7.67. The van der Waals surface area contributed by atoms with Gasteiger partial charge in [0.05, 0.1) is 0 Å². The number of hydrogen-bond acceptors (Lipinski definition) is 0. The molecule has 1 atom stereocenters. The Balaban J connectivity index is 0.00000131. The van der Waals surface area contributed by atoms with Crippen molar-refractivity contribution in [1.29, 1.82) is 0 Å². The molecule has 0 saturated heterocycles. The molecule has 0 saturated carbocycles.